The second kappa shape index (κ2) is 6.91. The van der Waals surface area contributed by atoms with Crippen LogP contribution >= 0.6 is 0 Å². The number of benzene rings is 1. The number of hydrogen-bond donors (Lipinski definition) is 1. The molecule has 0 aromatic heterocycles. The number of sulfone groups is 1. The predicted molar refractivity (Wildman–Crippen MR) is 84.7 cm³/mol. The minimum atomic E-state index is -2.95. The fourth-order valence-corrected chi connectivity index (χ4v) is 4.25. The number of nitrogens with one attached hydrogen (secondary N) is 1. The largest absolute Gasteiger partial charge is 0.497 e. The van der Waals surface area contributed by atoms with Crippen LogP contribution in [0.2, 0.25) is 0 Å². The molecule has 1 saturated heterocycles. The van der Waals surface area contributed by atoms with Gasteiger partial charge in [0.25, 0.3) is 0 Å². The lowest BCUT2D eigenvalue weighted by molar-refractivity contribution is -0.121. The summed E-state index contributed by atoms with van der Waals surface area (Å²) in [6.45, 7) is 1.79. The Labute approximate surface area is 130 Å². The maximum atomic E-state index is 11.8. The SMILES string of the molecule is COc1ccc(/C(C)=N\NC(=O)C[C@@H]2CCS(=O)(=O)C2)cc1. The second-order valence-electron chi connectivity index (χ2n) is 5.43. The zero-order valence-electron chi connectivity index (χ0n) is 12.7. The van der Waals surface area contributed by atoms with Crippen LogP contribution in [0.4, 0.5) is 0 Å². The van der Waals surface area contributed by atoms with Crippen molar-refractivity contribution >= 4 is 21.5 Å². The number of methoxy groups -OCH3 is 1. The highest BCUT2D eigenvalue weighted by molar-refractivity contribution is 7.91. The van der Waals surface area contributed by atoms with Gasteiger partial charge in [-0.15, -0.1) is 0 Å². The Morgan fingerprint density at radius 1 is 1.36 bits per heavy atom. The molecule has 1 amide bonds. The van der Waals surface area contributed by atoms with Gasteiger partial charge in [-0.3, -0.25) is 4.79 Å². The van der Waals surface area contributed by atoms with Crippen molar-refractivity contribution < 1.29 is 17.9 Å². The molecule has 1 aliphatic rings. The molecule has 120 valence electrons. The summed E-state index contributed by atoms with van der Waals surface area (Å²) >= 11 is 0. The van der Waals surface area contributed by atoms with Gasteiger partial charge in [0, 0.05) is 6.42 Å². The first-order chi connectivity index (χ1) is 10.4. The van der Waals surface area contributed by atoms with Gasteiger partial charge in [0.2, 0.25) is 5.91 Å². The van der Waals surface area contributed by atoms with Crippen LogP contribution < -0.4 is 10.2 Å². The third-order valence-corrected chi connectivity index (χ3v) is 5.49. The molecule has 1 N–H and O–H groups in total. The smallest absolute Gasteiger partial charge is 0.240 e. The Kier molecular flexibility index (Phi) is 5.18. The van der Waals surface area contributed by atoms with E-state index in [9.17, 15) is 13.2 Å². The van der Waals surface area contributed by atoms with Gasteiger partial charge in [-0.05, 0) is 49.1 Å². The quantitative estimate of drug-likeness (QED) is 0.654. The van der Waals surface area contributed by atoms with Crippen LogP contribution in [-0.2, 0) is 14.6 Å². The minimum Gasteiger partial charge on any atom is -0.497 e. The number of hydrogen-bond acceptors (Lipinski definition) is 5. The van der Waals surface area contributed by atoms with Crippen molar-refractivity contribution in [3.8, 4) is 5.75 Å². The van der Waals surface area contributed by atoms with Gasteiger partial charge in [-0.1, -0.05) is 0 Å². The van der Waals surface area contributed by atoms with Crippen molar-refractivity contribution in [2.75, 3.05) is 18.6 Å². The van der Waals surface area contributed by atoms with Gasteiger partial charge in [0.15, 0.2) is 9.84 Å². The summed E-state index contributed by atoms with van der Waals surface area (Å²) in [5.41, 5.74) is 4.04. The summed E-state index contributed by atoms with van der Waals surface area (Å²) in [6.07, 6.45) is 0.746. The fourth-order valence-electron chi connectivity index (χ4n) is 2.38. The Bertz CT molecular complexity index is 665. The monoisotopic (exact) mass is 324 g/mol. The summed E-state index contributed by atoms with van der Waals surface area (Å²) in [5, 5.41) is 4.06. The number of ether oxygens (including phenoxy) is 1. The molecule has 1 aromatic rings. The van der Waals surface area contributed by atoms with E-state index in [1.54, 1.807) is 14.0 Å². The van der Waals surface area contributed by atoms with E-state index in [4.69, 9.17) is 4.74 Å². The third-order valence-electron chi connectivity index (χ3n) is 3.66. The Morgan fingerprint density at radius 2 is 2.05 bits per heavy atom. The van der Waals surface area contributed by atoms with Crippen LogP contribution in [0.5, 0.6) is 5.75 Å². The van der Waals surface area contributed by atoms with Crippen molar-refractivity contribution in [3.05, 3.63) is 29.8 Å². The molecule has 2 rings (SSSR count). The van der Waals surface area contributed by atoms with E-state index in [-0.39, 0.29) is 29.8 Å². The molecule has 0 bridgehead atoms. The highest BCUT2D eigenvalue weighted by atomic mass is 32.2. The van der Waals surface area contributed by atoms with E-state index in [2.05, 4.69) is 10.5 Å². The maximum Gasteiger partial charge on any atom is 0.240 e. The van der Waals surface area contributed by atoms with E-state index >= 15 is 0 Å². The van der Waals surface area contributed by atoms with Crippen LogP contribution in [-0.4, -0.2) is 38.7 Å². The summed E-state index contributed by atoms with van der Waals surface area (Å²) in [6, 6.07) is 7.35. The molecule has 1 atom stereocenters. The lowest BCUT2D eigenvalue weighted by atomic mass is 10.1. The molecular formula is C15H20N2O4S. The van der Waals surface area contributed by atoms with Crippen molar-refractivity contribution in [3.63, 3.8) is 0 Å². The van der Waals surface area contributed by atoms with E-state index in [0.29, 0.717) is 12.1 Å². The maximum absolute atomic E-state index is 11.8. The first-order valence-corrected chi connectivity index (χ1v) is 8.90. The van der Waals surface area contributed by atoms with Crippen LogP contribution in [0.3, 0.4) is 0 Å². The zero-order chi connectivity index (χ0) is 16.2. The molecule has 1 aliphatic heterocycles. The molecule has 1 fully saturated rings. The van der Waals surface area contributed by atoms with E-state index in [0.717, 1.165) is 11.3 Å². The minimum absolute atomic E-state index is 0.0958. The zero-order valence-corrected chi connectivity index (χ0v) is 13.5. The Morgan fingerprint density at radius 3 is 2.59 bits per heavy atom. The summed E-state index contributed by atoms with van der Waals surface area (Å²) in [4.78, 5) is 11.8. The molecule has 22 heavy (non-hydrogen) atoms. The molecular weight excluding hydrogens is 304 g/mol. The summed E-state index contributed by atoms with van der Waals surface area (Å²) in [5.74, 6) is 0.681. The fraction of sp³-hybridized carbons (Fsp3) is 0.467. The summed E-state index contributed by atoms with van der Waals surface area (Å²) in [7, 11) is -1.35. The molecule has 6 nitrogen and oxygen atoms in total. The van der Waals surface area contributed by atoms with Crippen LogP contribution in [0.1, 0.15) is 25.3 Å². The molecule has 7 heteroatoms. The lowest BCUT2D eigenvalue weighted by Crippen LogP contribution is -2.22. The third kappa shape index (κ3) is 4.56. The first kappa shape index (κ1) is 16.5. The van der Waals surface area contributed by atoms with Gasteiger partial charge in [0.05, 0.1) is 24.3 Å². The van der Waals surface area contributed by atoms with E-state index in [1.165, 1.54) is 0 Å². The Hall–Kier alpha value is -1.89. The highest BCUT2D eigenvalue weighted by Gasteiger charge is 2.29. The molecule has 0 saturated carbocycles. The molecule has 0 spiro atoms. The van der Waals surface area contributed by atoms with Gasteiger partial charge in [-0.25, -0.2) is 13.8 Å². The number of carbonyl (C=O) groups is 1. The second-order valence-corrected chi connectivity index (χ2v) is 7.66. The topological polar surface area (TPSA) is 84.8 Å². The average molecular weight is 324 g/mol. The van der Waals surface area contributed by atoms with Crippen molar-refractivity contribution in [2.24, 2.45) is 11.0 Å². The first-order valence-electron chi connectivity index (χ1n) is 7.07. The number of rotatable bonds is 5. The lowest BCUT2D eigenvalue weighted by Gasteiger charge is -2.07. The van der Waals surface area contributed by atoms with Crippen LogP contribution in [0, 0.1) is 5.92 Å². The van der Waals surface area contributed by atoms with Gasteiger partial charge < -0.3 is 4.74 Å². The van der Waals surface area contributed by atoms with E-state index in [1.807, 2.05) is 24.3 Å². The van der Waals surface area contributed by atoms with Crippen LogP contribution in [0.25, 0.3) is 0 Å². The molecule has 0 radical (unpaired) electrons. The number of nitrogens with zero attached hydrogens (tertiary/aromatic N) is 1. The average Bonchev–Trinajstić information content (AvgIpc) is 2.83. The van der Waals surface area contributed by atoms with Gasteiger partial charge >= 0.3 is 0 Å². The number of hydrazone groups is 1. The standard InChI is InChI=1S/C15H20N2O4S/c1-11(13-3-5-14(21-2)6-4-13)16-17-15(18)9-12-7-8-22(19,20)10-12/h3-6,12H,7-10H2,1-2H3,(H,17,18)/b16-11-/t12-/m0/s1. The summed E-state index contributed by atoms with van der Waals surface area (Å²) < 4.78 is 27.8. The molecule has 1 aromatic carbocycles. The molecule has 1 heterocycles. The van der Waals surface area contributed by atoms with Gasteiger partial charge in [0.1, 0.15) is 5.75 Å². The van der Waals surface area contributed by atoms with E-state index < -0.39 is 9.84 Å². The van der Waals surface area contributed by atoms with Crippen molar-refractivity contribution in [2.45, 2.75) is 19.8 Å². The van der Waals surface area contributed by atoms with Crippen molar-refractivity contribution in [1.82, 2.24) is 5.43 Å². The van der Waals surface area contributed by atoms with Crippen molar-refractivity contribution in [1.29, 1.82) is 0 Å². The predicted octanol–water partition coefficient (Wildman–Crippen LogP) is 1.36. The number of amides is 1. The molecule has 0 unspecified atom stereocenters. The molecule has 0 aliphatic carbocycles. The number of carbonyl (C=O) groups excluding carboxylic acids is 1. The highest BCUT2D eigenvalue weighted by Crippen LogP contribution is 2.21. The van der Waals surface area contributed by atoms with Crippen LogP contribution in [0.15, 0.2) is 29.4 Å². The normalized spacial score (nSPS) is 20.6. The van der Waals surface area contributed by atoms with Gasteiger partial charge in [-0.2, -0.15) is 5.10 Å². The Balaban J connectivity index is 1.88.